The smallest absolute Gasteiger partial charge is 0.246 e. The van der Waals surface area contributed by atoms with Crippen LogP contribution < -0.4 is 5.73 Å². The van der Waals surface area contributed by atoms with Gasteiger partial charge in [-0.25, -0.2) is 18.4 Å². The van der Waals surface area contributed by atoms with Crippen LogP contribution in [0.15, 0.2) is 34.0 Å². The Balaban J connectivity index is 2.35. The average Bonchev–Trinajstić information content (AvgIpc) is 2.78. The van der Waals surface area contributed by atoms with Crippen molar-refractivity contribution in [2.24, 2.45) is 7.05 Å². The van der Waals surface area contributed by atoms with Crippen LogP contribution in [0.4, 0.5) is 5.82 Å². The van der Waals surface area contributed by atoms with Gasteiger partial charge in [-0.05, 0) is 22.0 Å². The van der Waals surface area contributed by atoms with Crippen molar-refractivity contribution in [1.29, 1.82) is 0 Å². The Morgan fingerprint density at radius 1 is 1.45 bits per heavy atom. The molecular weight excluding hydrogens is 346 g/mol. The summed E-state index contributed by atoms with van der Waals surface area (Å²) in [5.74, 6) is 0.609. The molecule has 0 unspecified atom stereocenters. The number of aromatic nitrogens is 3. The van der Waals surface area contributed by atoms with Gasteiger partial charge in [0.15, 0.2) is 0 Å². The lowest BCUT2D eigenvalue weighted by Gasteiger charge is -2.17. The highest BCUT2D eigenvalue weighted by Crippen LogP contribution is 2.24. The molecular formula is C11H14BrN5O2S. The number of sulfonamides is 1. The molecule has 2 N–H and O–H groups in total. The maximum atomic E-state index is 12.5. The molecule has 0 atom stereocenters. The molecule has 0 aliphatic carbocycles. The number of hydrogen-bond acceptors (Lipinski definition) is 5. The van der Waals surface area contributed by atoms with Crippen molar-refractivity contribution in [1.82, 2.24) is 18.8 Å². The van der Waals surface area contributed by atoms with E-state index >= 15 is 0 Å². The zero-order chi connectivity index (χ0) is 14.9. The van der Waals surface area contributed by atoms with Crippen molar-refractivity contribution < 1.29 is 8.42 Å². The second-order valence-electron chi connectivity index (χ2n) is 4.25. The van der Waals surface area contributed by atoms with Crippen molar-refractivity contribution in [2.75, 3.05) is 12.8 Å². The first-order valence-electron chi connectivity index (χ1n) is 5.66. The number of aryl methyl sites for hydroxylation is 1. The molecule has 0 bridgehead atoms. The third-order valence-corrected chi connectivity index (χ3v) is 5.09. The number of halogens is 1. The molecule has 0 fully saturated rings. The molecule has 2 aromatic rings. The molecule has 0 saturated carbocycles. The first kappa shape index (κ1) is 14.9. The van der Waals surface area contributed by atoms with Gasteiger partial charge in [0, 0.05) is 37.2 Å². The molecule has 0 aromatic carbocycles. The fraction of sp³-hybridized carbons (Fsp3) is 0.273. The van der Waals surface area contributed by atoms with Gasteiger partial charge >= 0.3 is 0 Å². The van der Waals surface area contributed by atoms with Crippen molar-refractivity contribution in [3.8, 4) is 0 Å². The minimum absolute atomic E-state index is 0.0245. The minimum Gasteiger partial charge on any atom is -0.383 e. The minimum atomic E-state index is -3.72. The summed E-state index contributed by atoms with van der Waals surface area (Å²) in [6.45, 7) is 0.151. The Hall–Kier alpha value is -1.45. The standard InChI is InChI=1S/C11H14BrN5O2S/c1-16-4-3-14-10(16)7-17(2)20(18,19)9-5-8(12)6-15-11(9)13/h3-6H,7H2,1-2H3,(H2,13,15). The predicted molar refractivity (Wildman–Crippen MR) is 78.2 cm³/mol. The summed E-state index contributed by atoms with van der Waals surface area (Å²) in [5, 5.41) is 0. The van der Waals surface area contributed by atoms with E-state index in [0.29, 0.717) is 10.3 Å². The molecule has 0 amide bonds. The van der Waals surface area contributed by atoms with Crippen molar-refractivity contribution >= 4 is 31.8 Å². The fourth-order valence-corrected chi connectivity index (χ4v) is 3.34. The van der Waals surface area contributed by atoms with E-state index in [1.165, 1.54) is 23.6 Å². The van der Waals surface area contributed by atoms with Crippen molar-refractivity contribution in [2.45, 2.75) is 11.4 Å². The maximum absolute atomic E-state index is 12.5. The number of imidazole rings is 1. The highest BCUT2D eigenvalue weighted by molar-refractivity contribution is 9.10. The van der Waals surface area contributed by atoms with Gasteiger partial charge in [-0.15, -0.1) is 0 Å². The van der Waals surface area contributed by atoms with Crippen LogP contribution in [-0.2, 0) is 23.6 Å². The van der Waals surface area contributed by atoms with Gasteiger partial charge in [0.1, 0.15) is 16.5 Å². The summed E-state index contributed by atoms with van der Waals surface area (Å²) in [5.41, 5.74) is 5.66. The number of pyridine rings is 1. The second kappa shape index (κ2) is 5.51. The Kier molecular flexibility index (Phi) is 4.11. The maximum Gasteiger partial charge on any atom is 0.246 e. The molecule has 9 heteroatoms. The van der Waals surface area contributed by atoms with E-state index in [2.05, 4.69) is 25.9 Å². The Morgan fingerprint density at radius 2 is 2.15 bits per heavy atom. The summed E-state index contributed by atoms with van der Waals surface area (Å²) in [6, 6.07) is 1.44. The summed E-state index contributed by atoms with van der Waals surface area (Å²) in [6.07, 6.45) is 4.82. The van der Waals surface area contributed by atoms with Crippen LogP contribution in [-0.4, -0.2) is 34.3 Å². The fourth-order valence-electron chi connectivity index (χ4n) is 1.64. The number of nitrogens with two attached hydrogens (primary N) is 1. The number of rotatable bonds is 4. The van der Waals surface area contributed by atoms with E-state index < -0.39 is 10.0 Å². The summed E-state index contributed by atoms with van der Waals surface area (Å²) in [4.78, 5) is 7.93. The quantitative estimate of drug-likeness (QED) is 0.877. The average molecular weight is 360 g/mol. The van der Waals surface area contributed by atoms with Gasteiger partial charge < -0.3 is 10.3 Å². The zero-order valence-electron chi connectivity index (χ0n) is 11.0. The van der Waals surface area contributed by atoms with Crippen LogP contribution in [0.1, 0.15) is 5.82 Å². The highest BCUT2D eigenvalue weighted by Gasteiger charge is 2.25. The first-order chi connectivity index (χ1) is 9.32. The van der Waals surface area contributed by atoms with Gasteiger partial charge in [-0.2, -0.15) is 4.31 Å². The molecule has 7 nitrogen and oxygen atoms in total. The predicted octanol–water partition coefficient (Wildman–Crippen LogP) is 0.980. The molecule has 0 saturated heterocycles. The van der Waals surface area contributed by atoms with Gasteiger partial charge in [0.05, 0.1) is 6.54 Å². The largest absolute Gasteiger partial charge is 0.383 e. The lowest BCUT2D eigenvalue weighted by atomic mass is 10.5. The van der Waals surface area contributed by atoms with Crippen LogP contribution in [0.5, 0.6) is 0 Å². The van der Waals surface area contributed by atoms with Crippen LogP contribution in [0.3, 0.4) is 0 Å². The summed E-state index contributed by atoms with van der Waals surface area (Å²) in [7, 11) is -0.443. The van der Waals surface area contributed by atoms with E-state index in [4.69, 9.17) is 5.73 Å². The first-order valence-corrected chi connectivity index (χ1v) is 7.89. The van der Waals surface area contributed by atoms with Gasteiger partial charge in [0.25, 0.3) is 0 Å². The highest BCUT2D eigenvalue weighted by atomic mass is 79.9. The van der Waals surface area contributed by atoms with Gasteiger partial charge in [0.2, 0.25) is 10.0 Å². The monoisotopic (exact) mass is 359 g/mol. The van der Waals surface area contributed by atoms with E-state index in [1.807, 2.05) is 0 Å². The van der Waals surface area contributed by atoms with E-state index in [0.717, 1.165) is 0 Å². The Labute approximate surface area is 125 Å². The van der Waals surface area contributed by atoms with E-state index in [-0.39, 0.29) is 17.3 Å². The second-order valence-corrected chi connectivity index (χ2v) is 7.18. The molecule has 2 heterocycles. The topological polar surface area (TPSA) is 94.1 Å². The summed E-state index contributed by atoms with van der Waals surface area (Å²) >= 11 is 3.19. The van der Waals surface area contributed by atoms with Crippen LogP contribution in [0, 0.1) is 0 Å². The SMILES string of the molecule is CN(Cc1nccn1C)S(=O)(=O)c1cc(Br)cnc1N. The molecule has 0 radical (unpaired) electrons. The molecule has 108 valence electrons. The number of anilines is 1. The third-order valence-electron chi connectivity index (χ3n) is 2.82. The Bertz CT molecular complexity index is 728. The lowest BCUT2D eigenvalue weighted by molar-refractivity contribution is 0.451. The molecule has 2 rings (SSSR count). The molecule has 0 aliphatic heterocycles. The van der Waals surface area contributed by atoms with E-state index in [9.17, 15) is 8.42 Å². The van der Waals surface area contributed by atoms with Gasteiger partial charge in [-0.3, -0.25) is 0 Å². The number of nitrogen functional groups attached to an aromatic ring is 1. The van der Waals surface area contributed by atoms with Crippen LogP contribution in [0.25, 0.3) is 0 Å². The lowest BCUT2D eigenvalue weighted by Crippen LogP contribution is -2.28. The van der Waals surface area contributed by atoms with Crippen molar-refractivity contribution in [3.05, 3.63) is 35.0 Å². The normalized spacial score (nSPS) is 12.0. The molecule has 0 aliphatic rings. The zero-order valence-corrected chi connectivity index (χ0v) is 13.4. The molecule has 2 aromatic heterocycles. The Morgan fingerprint density at radius 3 is 2.75 bits per heavy atom. The molecule has 20 heavy (non-hydrogen) atoms. The third kappa shape index (κ3) is 2.84. The van der Waals surface area contributed by atoms with E-state index in [1.54, 1.807) is 24.0 Å². The summed E-state index contributed by atoms with van der Waals surface area (Å²) < 4.78 is 28.5. The van der Waals surface area contributed by atoms with Crippen LogP contribution in [0.2, 0.25) is 0 Å². The number of hydrogen-bond donors (Lipinski definition) is 1. The van der Waals surface area contributed by atoms with Crippen molar-refractivity contribution in [3.63, 3.8) is 0 Å². The molecule has 0 spiro atoms. The number of nitrogens with zero attached hydrogens (tertiary/aromatic N) is 4. The van der Waals surface area contributed by atoms with Crippen LogP contribution >= 0.6 is 15.9 Å². The van der Waals surface area contributed by atoms with Gasteiger partial charge in [-0.1, -0.05) is 0 Å².